The van der Waals surface area contributed by atoms with Crippen molar-refractivity contribution in [2.45, 2.75) is 5.03 Å². The molecule has 0 spiro atoms. The van der Waals surface area contributed by atoms with Gasteiger partial charge < -0.3 is 9.47 Å². The molecule has 0 fully saturated rings. The molecular formula is C13H12N2O2S. The number of hydrogen-bond acceptors (Lipinski definition) is 5. The number of benzene rings is 1. The molecule has 0 aliphatic heterocycles. The number of ether oxygens (including phenoxy) is 2. The van der Waals surface area contributed by atoms with Crippen LogP contribution in [0.5, 0.6) is 11.5 Å². The van der Waals surface area contributed by atoms with Crippen LogP contribution >= 0.6 is 11.8 Å². The molecule has 92 valence electrons. The van der Waals surface area contributed by atoms with E-state index in [1.807, 2.05) is 24.5 Å². The third-order valence-electron chi connectivity index (χ3n) is 2.60. The summed E-state index contributed by atoms with van der Waals surface area (Å²) < 4.78 is 10.5. The predicted molar refractivity (Wildman–Crippen MR) is 71.3 cm³/mol. The SMILES string of the molecule is COc1cc2cc(C#N)c(SC)nc2cc1OC. The average molecular weight is 260 g/mol. The van der Waals surface area contributed by atoms with Crippen molar-refractivity contribution in [2.75, 3.05) is 20.5 Å². The van der Waals surface area contributed by atoms with Gasteiger partial charge in [0.15, 0.2) is 11.5 Å². The van der Waals surface area contributed by atoms with Gasteiger partial charge in [-0.2, -0.15) is 5.26 Å². The maximum absolute atomic E-state index is 9.08. The Morgan fingerprint density at radius 3 is 2.39 bits per heavy atom. The number of thioether (sulfide) groups is 1. The third-order valence-corrected chi connectivity index (χ3v) is 3.30. The van der Waals surface area contributed by atoms with Gasteiger partial charge in [0, 0.05) is 11.5 Å². The van der Waals surface area contributed by atoms with Crippen LogP contribution in [0.25, 0.3) is 10.9 Å². The molecule has 0 bridgehead atoms. The second-order valence-corrected chi connectivity index (χ2v) is 4.35. The summed E-state index contributed by atoms with van der Waals surface area (Å²) in [5.74, 6) is 1.27. The van der Waals surface area contributed by atoms with Gasteiger partial charge in [0.1, 0.15) is 11.1 Å². The van der Waals surface area contributed by atoms with Crippen LogP contribution in [0, 0.1) is 11.3 Å². The molecular weight excluding hydrogens is 248 g/mol. The molecule has 0 aliphatic carbocycles. The van der Waals surface area contributed by atoms with Gasteiger partial charge in [-0.15, -0.1) is 11.8 Å². The number of aromatic nitrogens is 1. The number of methoxy groups -OCH3 is 2. The average Bonchev–Trinajstić information content (AvgIpc) is 2.43. The summed E-state index contributed by atoms with van der Waals surface area (Å²) in [6.45, 7) is 0. The second kappa shape index (κ2) is 5.15. The predicted octanol–water partition coefficient (Wildman–Crippen LogP) is 2.85. The van der Waals surface area contributed by atoms with Crippen molar-refractivity contribution in [3.8, 4) is 17.6 Å². The fraction of sp³-hybridized carbons (Fsp3) is 0.231. The molecule has 4 nitrogen and oxygen atoms in total. The van der Waals surface area contributed by atoms with E-state index in [9.17, 15) is 0 Å². The molecule has 0 N–H and O–H groups in total. The van der Waals surface area contributed by atoms with E-state index in [-0.39, 0.29) is 0 Å². The largest absolute Gasteiger partial charge is 0.493 e. The van der Waals surface area contributed by atoms with Gasteiger partial charge in [0.25, 0.3) is 0 Å². The van der Waals surface area contributed by atoms with E-state index < -0.39 is 0 Å². The zero-order valence-corrected chi connectivity index (χ0v) is 11.2. The van der Waals surface area contributed by atoms with Crippen molar-refractivity contribution < 1.29 is 9.47 Å². The smallest absolute Gasteiger partial charge is 0.162 e. The molecule has 1 aromatic carbocycles. The first-order valence-electron chi connectivity index (χ1n) is 5.24. The molecule has 0 amide bonds. The quantitative estimate of drug-likeness (QED) is 0.794. The molecule has 0 radical (unpaired) electrons. The zero-order valence-electron chi connectivity index (χ0n) is 10.4. The molecule has 0 unspecified atom stereocenters. The van der Waals surface area contributed by atoms with Crippen LogP contribution in [0.2, 0.25) is 0 Å². The van der Waals surface area contributed by atoms with Crippen molar-refractivity contribution in [3.63, 3.8) is 0 Å². The van der Waals surface area contributed by atoms with Gasteiger partial charge >= 0.3 is 0 Å². The summed E-state index contributed by atoms with van der Waals surface area (Å²) in [7, 11) is 3.17. The molecule has 5 heteroatoms. The van der Waals surface area contributed by atoms with Crippen LogP contribution in [0.1, 0.15) is 5.56 Å². The van der Waals surface area contributed by atoms with E-state index in [0.29, 0.717) is 17.1 Å². The highest BCUT2D eigenvalue weighted by Gasteiger charge is 2.10. The first-order valence-corrected chi connectivity index (χ1v) is 6.46. The summed E-state index contributed by atoms with van der Waals surface area (Å²) >= 11 is 1.45. The Bertz CT molecular complexity index is 635. The fourth-order valence-corrected chi connectivity index (χ4v) is 2.23. The van der Waals surface area contributed by atoms with Crippen molar-refractivity contribution >= 4 is 22.7 Å². The van der Waals surface area contributed by atoms with E-state index in [4.69, 9.17) is 14.7 Å². The number of rotatable bonds is 3. The molecule has 0 saturated heterocycles. The normalized spacial score (nSPS) is 10.1. The first kappa shape index (κ1) is 12.5. The molecule has 0 aliphatic rings. The van der Waals surface area contributed by atoms with Crippen LogP contribution in [0.3, 0.4) is 0 Å². The highest BCUT2D eigenvalue weighted by molar-refractivity contribution is 7.98. The zero-order chi connectivity index (χ0) is 13.1. The lowest BCUT2D eigenvalue weighted by Crippen LogP contribution is -1.93. The maximum atomic E-state index is 9.08. The Hall–Kier alpha value is -1.93. The van der Waals surface area contributed by atoms with Gasteiger partial charge in [-0.25, -0.2) is 4.98 Å². The molecule has 1 aromatic heterocycles. The van der Waals surface area contributed by atoms with E-state index in [2.05, 4.69) is 11.1 Å². The van der Waals surface area contributed by atoms with Crippen molar-refractivity contribution in [2.24, 2.45) is 0 Å². The lowest BCUT2D eigenvalue weighted by atomic mass is 10.1. The minimum absolute atomic E-state index is 0.571. The van der Waals surface area contributed by atoms with Crippen LogP contribution in [0.15, 0.2) is 23.2 Å². The van der Waals surface area contributed by atoms with Gasteiger partial charge in [-0.05, 0) is 18.4 Å². The molecule has 0 atom stereocenters. The van der Waals surface area contributed by atoms with E-state index >= 15 is 0 Å². The number of nitrogens with zero attached hydrogens (tertiary/aromatic N) is 2. The van der Waals surface area contributed by atoms with Crippen LogP contribution < -0.4 is 9.47 Å². The lowest BCUT2D eigenvalue weighted by molar-refractivity contribution is 0.356. The van der Waals surface area contributed by atoms with E-state index in [0.717, 1.165) is 15.9 Å². The molecule has 2 rings (SSSR count). The van der Waals surface area contributed by atoms with Gasteiger partial charge in [-0.3, -0.25) is 0 Å². The van der Waals surface area contributed by atoms with Crippen molar-refractivity contribution in [1.29, 1.82) is 5.26 Å². The van der Waals surface area contributed by atoms with Crippen LogP contribution in [0.4, 0.5) is 0 Å². The number of hydrogen-bond donors (Lipinski definition) is 0. The summed E-state index contributed by atoms with van der Waals surface area (Å²) in [5, 5.41) is 10.7. The molecule has 18 heavy (non-hydrogen) atoms. The van der Waals surface area contributed by atoms with Crippen LogP contribution in [-0.2, 0) is 0 Å². The van der Waals surface area contributed by atoms with Gasteiger partial charge in [0.05, 0.1) is 25.3 Å². The summed E-state index contributed by atoms with van der Waals surface area (Å²) in [5.41, 5.74) is 1.36. The van der Waals surface area contributed by atoms with Crippen molar-refractivity contribution in [3.05, 3.63) is 23.8 Å². The van der Waals surface area contributed by atoms with E-state index in [1.165, 1.54) is 11.8 Å². The summed E-state index contributed by atoms with van der Waals surface area (Å²) in [6.07, 6.45) is 1.90. The van der Waals surface area contributed by atoms with Crippen LogP contribution in [-0.4, -0.2) is 25.5 Å². The number of pyridine rings is 1. The highest BCUT2D eigenvalue weighted by Crippen LogP contribution is 2.33. The Labute approximate surface area is 110 Å². The molecule has 1 heterocycles. The topological polar surface area (TPSA) is 55.1 Å². The monoisotopic (exact) mass is 260 g/mol. The Morgan fingerprint density at radius 2 is 1.83 bits per heavy atom. The minimum atomic E-state index is 0.571. The van der Waals surface area contributed by atoms with Gasteiger partial charge in [0.2, 0.25) is 0 Å². The van der Waals surface area contributed by atoms with Crippen molar-refractivity contribution in [1.82, 2.24) is 4.98 Å². The minimum Gasteiger partial charge on any atom is -0.493 e. The molecule has 0 saturated carbocycles. The lowest BCUT2D eigenvalue weighted by Gasteiger charge is -2.09. The van der Waals surface area contributed by atoms with E-state index in [1.54, 1.807) is 14.2 Å². The Balaban J connectivity index is 2.74. The summed E-state index contributed by atoms with van der Waals surface area (Å²) in [6, 6.07) is 7.60. The number of fused-ring (bicyclic) bond motifs is 1. The Morgan fingerprint density at radius 1 is 1.17 bits per heavy atom. The molecule has 2 aromatic rings. The third kappa shape index (κ3) is 2.07. The second-order valence-electron chi connectivity index (χ2n) is 3.56. The maximum Gasteiger partial charge on any atom is 0.162 e. The fourth-order valence-electron chi connectivity index (χ4n) is 1.72. The first-order chi connectivity index (χ1) is 8.73. The standard InChI is InChI=1S/C13H12N2O2S/c1-16-11-5-8-4-9(7-14)13(18-3)15-10(8)6-12(11)17-2/h4-6H,1-3H3. The number of nitriles is 1. The Kier molecular flexibility index (Phi) is 3.58. The summed E-state index contributed by atoms with van der Waals surface area (Å²) in [4.78, 5) is 4.45. The van der Waals surface area contributed by atoms with Gasteiger partial charge in [-0.1, -0.05) is 0 Å². The highest BCUT2D eigenvalue weighted by atomic mass is 32.2.